The first kappa shape index (κ1) is 22.7. The fraction of sp³-hybridized carbons (Fsp3) is 0.455. The van der Waals surface area contributed by atoms with E-state index in [1.54, 1.807) is 25.3 Å². The molecule has 2 rings (SSSR count). The Balaban J connectivity index is 1.92. The highest BCUT2D eigenvalue weighted by molar-refractivity contribution is 9.10. The largest absolute Gasteiger partial charge is 0.493 e. The molecule has 0 fully saturated rings. The van der Waals surface area contributed by atoms with E-state index >= 15 is 0 Å². The van der Waals surface area contributed by atoms with Gasteiger partial charge in [-0.2, -0.15) is 0 Å². The third kappa shape index (κ3) is 6.76. The van der Waals surface area contributed by atoms with Crippen molar-refractivity contribution in [2.45, 2.75) is 33.4 Å². The van der Waals surface area contributed by atoms with Gasteiger partial charge in [-0.1, -0.05) is 48.0 Å². The van der Waals surface area contributed by atoms with E-state index in [9.17, 15) is 4.39 Å². The van der Waals surface area contributed by atoms with Crippen LogP contribution in [-0.2, 0) is 13.2 Å². The van der Waals surface area contributed by atoms with Crippen LogP contribution in [0.3, 0.4) is 0 Å². The van der Waals surface area contributed by atoms with Crippen LogP contribution in [0, 0.1) is 5.82 Å². The Morgan fingerprint density at radius 3 is 2.50 bits per heavy atom. The van der Waals surface area contributed by atoms with Gasteiger partial charge < -0.3 is 19.7 Å². The van der Waals surface area contributed by atoms with Crippen LogP contribution in [0.5, 0.6) is 11.5 Å². The van der Waals surface area contributed by atoms with E-state index in [4.69, 9.17) is 9.47 Å². The van der Waals surface area contributed by atoms with Gasteiger partial charge in [0.25, 0.3) is 0 Å². The maximum atomic E-state index is 13.8. The summed E-state index contributed by atoms with van der Waals surface area (Å²) in [5, 5.41) is 3.48. The maximum Gasteiger partial charge on any atom is 0.162 e. The molecule has 154 valence electrons. The average molecular weight is 453 g/mol. The molecule has 0 bridgehead atoms. The summed E-state index contributed by atoms with van der Waals surface area (Å²) in [7, 11) is 1.61. The van der Waals surface area contributed by atoms with Crippen LogP contribution in [-0.4, -0.2) is 38.2 Å². The molecule has 2 aromatic carbocycles. The normalized spacial score (nSPS) is 11.1. The second-order valence-corrected chi connectivity index (χ2v) is 7.39. The fourth-order valence-corrected chi connectivity index (χ4v) is 3.41. The molecule has 0 aliphatic carbocycles. The molecule has 6 heteroatoms. The van der Waals surface area contributed by atoms with Crippen molar-refractivity contribution in [1.82, 2.24) is 10.2 Å². The standard InChI is InChI=1S/C22H30BrFN2O2/c1-4-26(5-2)12-8-11-25-15-18-13-21(27-3)22(14-19(18)23)28-16-17-9-6-7-10-20(17)24/h6-7,9-10,13-14,25H,4-5,8,11-12,15-16H2,1-3H3. The van der Waals surface area contributed by atoms with E-state index in [2.05, 4.69) is 40.0 Å². The molecule has 1 N–H and O–H groups in total. The summed E-state index contributed by atoms with van der Waals surface area (Å²) in [6, 6.07) is 10.4. The first-order valence-corrected chi connectivity index (χ1v) is 10.5. The molecule has 0 atom stereocenters. The van der Waals surface area contributed by atoms with Crippen molar-refractivity contribution in [3.8, 4) is 11.5 Å². The number of halogens is 2. The summed E-state index contributed by atoms with van der Waals surface area (Å²) in [5.41, 5.74) is 1.61. The Bertz CT molecular complexity index is 738. The van der Waals surface area contributed by atoms with Gasteiger partial charge in [-0.25, -0.2) is 4.39 Å². The number of rotatable bonds is 12. The zero-order valence-corrected chi connectivity index (χ0v) is 18.5. The molecule has 0 aliphatic rings. The molecule has 0 saturated heterocycles. The first-order chi connectivity index (χ1) is 13.6. The molecule has 4 nitrogen and oxygen atoms in total. The highest BCUT2D eigenvalue weighted by atomic mass is 79.9. The Morgan fingerprint density at radius 1 is 1.07 bits per heavy atom. The Hall–Kier alpha value is -1.63. The predicted octanol–water partition coefficient (Wildman–Crippen LogP) is 5.00. The minimum atomic E-state index is -0.272. The third-order valence-electron chi connectivity index (χ3n) is 4.71. The fourth-order valence-electron chi connectivity index (χ4n) is 2.95. The van der Waals surface area contributed by atoms with Gasteiger partial charge in [0.15, 0.2) is 11.5 Å². The molecular weight excluding hydrogens is 423 g/mol. The van der Waals surface area contributed by atoms with Gasteiger partial charge in [0.05, 0.1) is 7.11 Å². The number of nitrogens with one attached hydrogen (secondary N) is 1. The van der Waals surface area contributed by atoms with Gasteiger partial charge in [-0.3, -0.25) is 0 Å². The average Bonchev–Trinajstić information content (AvgIpc) is 2.71. The van der Waals surface area contributed by atoms with Crippen LogP contribution in [0.15, 0.2) is 40.9 Å². The highest BCUT2D eigenvalue weighted by Crippen LogP contribution is 2.34. The van der Waals surface area contributed by atoms with Crippen LogP contribution in [0.25, 0.3) is 0 Å². The zero-order valence-electron chi connectivity index (χ0n) is 16.9. The zero-order chi connectivity index (χ0) is 20.4. The van der Waals surface area contributed by atoms with Crippen molar-refractivity contribution >= 4 is 15.9 Å². The molecule has 0 unspecified atom stereocenters. The molecule has 2 aromatic rings. The van der Waals surface area contributed by atoms with Gasteiger partial charge in [0, 0.05) is 16.6 Å². The third-order valence-corrected chi connectivity index (χ3v) is 5.45. The Kier molecular flexibility index (Phi) is 9.75. The lowest BCUT2D eigenvalue weighted by Gasteiger charge is -2.18. The molecule has 0 heterocycles. The van der Waals surface area contributed by atoms with Crippen molar-refractivity contribution in [2.24, 2.45) is 0 Å². The van der Waals surface area contributed by atoms with Crippen molar-refractivity contribution in [1.29, 1.82) is 0 Å². The number of nitrogens with zero attached hydrogens (tertiary/aromatic N) is 1. The highest BCUT2D eigenvalue weighted by Gasteiger charge is 2.11. The van der Waals surface area contributed by atoms with Crippen LogP contribution < -0.4 is 14.8 Å². The number of hydrogen-bond acceptors (Lipinski definition) is 4. The Labute approximate surface area is 176 Å². The summed E-state index contributed by atoms with van der Waals surface area (Å²) < 4.78 is 26.0. The van der Waals surface area contributed by atoms with Crippen molar-refractivity contribution in [3.63, 3.8) is 0 Å². The van der Waals surface area contributed by atoms with E-state index in [-0.39, 0.29) is 12.4 Å². The number of benzene rings is 2. The summed E-state index contributed by atoms with van der Waals surface area (Å²) in [6.45, 7) is 9.51. The molecule has 28 heavy (non-hydrogen) atoms. The first-order valence-electron chi connectivity index (χ1n) is 9.74. The second-order valence-electron chi connectivity index (χ2n) is 6.53. The minimum Gasteiger partial charge on any atom is -0.493 e. The van der Waals surface area contributed by atoms with E-state index in [0.29, 0.717) is 17.1 Å². The van der Waals surface area contributed by atoms with Gasteiger partial charge in [0.1, 0.15) is 12.4 Å². The van der Waals surface area contributed by atoms with Crippen LogP contribution >= 0.6 is 15.9 Å². The van der Waals surface area contributed by atoms with Crippen LogP contribution in [0.4, 0.5) is 4.39 Å². The van der Waals surface area contributed by atoms with Gasteiger partial charge in [-0.05, 0) is 56.4 Å². The summed E-state index contributed by atoms with van der Waals surface area (Å²) in [6.07, 6.45) is 1.11. The van der Waals surface area contributed by atoms with Crippen LogP contribution in [0.1, 0.15) is 31.4 Å². The quantitative estimate of drug-likeness (QED) is 0.459. The number of ether oxygens (including phenoxy) is 2. The Morgan fingerprint density at radius 2 is 1.82 bits per heavy atom. The number of hydrogen-bond donors (Lipinski definition) is 1. The molecule has 0 spiro atoms. The minimum absolute atomic E-state index is 0.151. The second kappa shape index (κ2) is 12.0. The molecular formula is C22H30BrFN2O2. The van der Waals surface area contributed by atoms with Gasteiger partial charge >= 0.3 is 0 Å². The maximum absolute atomic E-state index is 13.8. The smallest absolute Gasteiger partial charge is 0.162 e. The lowest BCUT2D eigenvalue weighted by molar-refractivity contribution is 0.279. The predicted molar refractivity (Wildman–Crippen MR) is 116 cm³/mol. The van der Waals surface area contributed by atoms with Gasteiger partial charge in [0.2, 0.25) is 0 Å². The van der Waals surface area contributed by atoms with Crippen LogP contribution in [0.2, 0.25) is 0 Å². The van der Waals surface area contributed by atoms with Crippen molar-refractivity contribution in [2.75, 3.05) is 33.3 Å². The van der Waals surface area contributed by atoms with E-state index in [1.807, 2.05) is 12.1 Å². The lowest BCUT2D eigenvalue weighted by Crippen LogP contribution is -2.27. The van der Waals surface area contributed by atoms with E-state index < -0.39 is 0 Å². The SMILES string of the molecule is CCN(CC)CCCNCc1cc(OC)c(OCc2ccccc2F)cc1Br. The molecule has 0 amide bonds. The van der Waals surface area contributed by atoms with E-state index in [0.717, 1.165) is 49.2 Å². The topological polar surface area (TPSA) is 33.7 Å². The monoisotopic (exact) mass is 452 g/mol. The van der Waals surface area contributed by atoms with Crippen molar-refractivity contribution in [3.05, 3.63) is 57.8 Å². The van der Waals surface area contributed by atoms with Gasteiger partial charge in [-0.15, -0.1) is 0 Å². The van der Waals surface area contributed by atoms with E-state index in [1.165, 1.54) is 6.07 Å². The molecule has 0 aromatic heterocycles. The lowest BCUT2D eigenvalue weighted by atomic mass is 10.2. The molecule has 0 saturated carbocycles. The summed E-state index contributed by atoms with van der Waals surface area (Å²) in [4.78, 5) is 2.42. The molecule has 0 radical (unpaired) electrons. The molecule has 0 aliphatic heterocycles. The van der Waals surface area contributed by atoms with Crippen molar-refractivity contribution < 1.29 is 13.9 Å². The summed E-state index contributed by atoms with van der Waals surface area (Å²) >= 11 is 3.61. The summed E-state index contributed by atoms with van der Waals surface area (Å²) in [5.74, 6) is 0.952. The number of methoxy groups -OCH3 is 1.